The van der Waals surface area contributed by atoms with Crippen molar-refractivity contribution in [3.05, 3.63) is 30.1 Å². The Kier molecular flexibility index (Phi) is 7.87. The van der Waals surface area contributed by atoms with Gasteiger partial charge in [0.1, 0.15) is 0 Å². The number of pyridine rings is 1. The molecular weight excluding hydrogens is 238 g/mol. The molecule has 1 aromatic heterocycles. The van der Waals surface area contributed by atoms with Crippen LogP contribution in [0.5, 0.6) is 0 Å². The molecule has 0 aliphatic carbocycles. The lowest BCUT2D eigenvalue weighted by molar-refractivity contribution is -0.148. The molecule has 1 atom stereocenters. The third-order valence-electron chi connectivity index (χ3n) is 3.28. The molecule has 0 aliphatic heterocycles. The summed E-state index contributed by atoms with van der Waals surface area (Å²) >= 11 is 0. The van der Waals surface area contributed by atoms with Gasteiger partial charge in [-0.15, -0.1) is 0 Å². The maximum atomic E-state index is 11.8. The summed E-state index contributed by atoms with van der Waals surface area (Å²) in [6.45, 7) is 4.61. The minimum atomic E-state index is -0.0643. The number of aromatic nitrogens is 1. The van der Waals surface area contributed by atoms with Crippen LogP contribution >= 0.6 is 0 Å². The van der Waals surface area contributed by atoms with Gasteiger partial charge in [-0.05, 0) is 24.1 Å². The zero-order chi connectivity index (χ0) is 13.9. The molecule has 1 heterocycles. The Morgan fingerprint density at radius 3 is 2.68 bits per heavy atom. The Hall–Kier alpha value is -1.38. The average Bonchev–Trinajstić information content (AvgIpc) is 2.44. The first-order chi connectivity index (χ1) is 9.24. The SMILES string of the molecule is CCCCCCC(C)C(=O)OCCc1ccncc1. The van der Waals surface area contributed by atoms with Crippen molar-refractivity contribution in [3.63, 3.8) is 0 Å². The van der Waals surface area contributed by atoms with Crippen molar-refractivity contribution in [1.82, 2.24) is 4.98 Å². The van der Waals surface area contributed by atoms with Gasteiger partial charge in [-0.2, -0.15) is 0 Å². The van der Waals surface area contributed by atoms with E-state index in [1.54, 1.807) is 12.4 Å². The molecule has 1 aromatic rings. The van der Waals surface area contributed by atoms with Gasteiger partial charge in [0, 0.05) is 18.8 Å². The Morgan fingerprint density at radius 1 is 1.26 bits per heavy atom. The minimum Gasteiger partial charge on any atom is -0.465 e. The number of hydrogen-bond donors (Lipinski definition) is 0. The standard InChI is InChI=1S/C16H25NO2/c1-3-4-5-6-7-14(2)16(18)19-13-10-15-8-11-17-12-9-15/h8-9,11-12,14H,3-7,10,13H2,1-2H3. The molecule has 0 N–H and O–H groups in total. The van der Waals surface area contributed by atoms with E-state index in [2.05, 4.69) is 11.9 Å². The smallest absolute Gasteiger partial charge is 0.308 e. The van der Waals surface area contributed by atoms with Gasteiger partial charge >= 0.3 is 5.97 Å². The lowest BCUT2D eigenvalue weighted by atomic mass is 10.0. The lowest BCUT2D eigenvalue weighted by Crippen LogP contribution is -2.16. The van der Waals surface area contributed by atoms with Crippen molar-refractivity contribution < 1.29 is 9.53 Å². The second-order valence-electron chi connectivity index (χ2n) is 5.02. The molecule has 0 saturated heterocycles. The molecule has 3 nitrogen and oxygen atoms in total. The van der Waals surface area contributed by atoms with Crippen LogP contribution in [0.15, 0.2) is 24.5 Å². The van der Waals surface area contributed by atoms with Gasteiger partial charge in [-0.1, -0.05) is 39.5 Å². The van der Waals surface area contributed by atoms with Crippen molar-refractivity contribution in [2.45, 2.75) is 52.4 Å². The summed E-state index contributed by atoms with van der Waals surface area (Å²) in [5.41, 5.74) is 1.15. The fourth-order valence-electron chi connectivity index (χ4n) is 1.96. The maximum Gasteiger partial charge on any atom is 0.308 e. The Balaban J connectivity index is 2.13. The van der Waals surface area contributed by atoms with Gasteiger partial charge in [0.25, 0.3) is 0 Å². The van der Waals surface area contributed by atoms with Crippen LogP contribution in [0.1, 0.15) is 51.5 Å². The van der Waals surface area contributed by atoms with Gasteiger partial charge in [-0.25, -0.2) is 0 Å². The van der Waals surface area contributed by atoms with Crippen LogP contribution in [0.2, 0.25) is 0 Å². The third-order valence-corrected chi connectivity index (χ3v) is 3.28. The van der Waals surface area contributed by atoms with E-state index in [-0.39, 0.29) is 11.9 Å². The van der Waals surface area contributed by atoms with E-state index in [1.807, 2.05) is 19.1 Å². The van der Waals surface area contributed by atoms with Crippen LogP contribution in [0, 0.1) is 5.92 Å². The molecule has 0 radical (unpaired) electrons. The highest BCUT2D eigenvalue weighted by Gasteiger charge is 2.13. The fourth-order valence-corrected chi connectivity index (χ4v) is 1.96. The van der Waals surface area contributed by atoms with Crippen LogP contribution in [0.3, 0.4) is 0 Å². The first-order valence-electron chi connectivity index (χ1n) is 7.29. The molecule has 1 rings (SSSR count). The van der Waals surface area contributed by atoms with Crippen molar-refractivity contribution in [3.8, 4) is 0 Å². The molecule has 0 aromatic carbocycles. The average molecular weight is 263 g/mol. The Labute approximate surface area is 116 Å². The van der Waals surface area contributed by atoms with E-state index in [0.717, 1.165) is 24.8 Å². The molecule has 3 heteroatoms. The summed E-state index contributed by atoms with van der Waals surface area (Å²) in [5, 5.41) is 0. The molecule has 0 bridgehead atoms. The van der Waals surface area contributed by atoms with Gasteiger partial charge < -0.3 is 4.74 Å². The number of esters is 1. The maximum absolute atomic E-state index is 11.8. The molecule has 0 aliphatic rings. The van der Waals surface area contributed by atoms with Crippen LogP contribution in [-0.4, -0.2) is 17.6 Å². The summed E-state index contributed by atoms with van der Waals surface area (Å²) < 4.78 is 5.31. The van der Waals surface area contributed by atoms with E-state index in [1.165, 1.54) is 19.3 Å². The second-order valence-corrected chi connectivity index (χ2v) is 5.02. The predicted molar refractivity (Wildman–Crippen MR) is 76.8 cm³/mol. The van der Waals surface area contributed by atoms with Crippen molar-refractivity contribution in [1.29, 1.82) is 0 Å². The van der Waals surface area contributed by atoms with E-state index < -0.39 is 0 Å². The zero-order valence-electron chi connectivity index (χ0n) is 12.1. The molecule has 19 heavy (non-hydrogen) atoms. The first kappa shape index (κ1) is 15.7. The molecule has 0 amide bonds. The van der Waals surface area contributed by atoms with Crippen molar-refractivity contribution >= 4 is 5.97 Å². The molecular formula is C16H25NO2. The topological polar surface area (TPSA) is 39.2 Å². The van der Waals surface area contributed by atoms with E-state index in [9.17, 15) is 4.79 Å². The molecule has 0 saturated carbocycles. The predicted octanol–water partition coefficient (Wildman–Crippen LogP) is 3.77. The fraction of sp³-hybridized carbons (Fsp3) is 0.625. The van der Waals surface area contributed by atoms with Gasteiger partial charge in [0.05, 0.1) is 12.5 Å². The Bertz CT molecular complexity index is 351. The largest absolute Gasteiger partial charge is 0.465 e. The number of nitrogens with zero attached hydrogens (tertiary/aromatic N) is 1. The number of rotatable bonds is 9. The molecule has 106 valence electrons. The summed E-state index contributed by atoms with van der Waals surface area (Å²) in [6, 6.07) is 3.89. The lowest BCUT2D eigenvalue weighted by Gasteiger charge is -2.11. The summed E-state index contributed by atoms with van der Waals surface area (Å²) in [6.07, 6.45) is 10.0. The van der Waals surface area contributed by atoms with E-state index in [4.69, 9.17) is 4.74 Å². The van der Waals surface area contributed by atoms with Crippen LogP contribution in [0.4, 0.5) is 0 Å². The number of carbonyl (C=O) groups is 1. The summed E-state index contributed by atoms with van der Waals surface area (Å²) in [7, 11) is 0. The number of carbonyl (C=O) groups excluding carboxylic acids is 1. The number of ether oxygens (including phenoxy) is 1. The normalized spacial score (nSPS) is 12.1. The van der Waals surface area contributed by atoms with Crippen LogP contribution in [-0.2, 0) is 16.0 Å². The molecule has 0 fully saturated rings. The quantitative estimate of drug-likeness (QED) is 0.503. The van der Waals surface area contributed by atoms with E-state index in [0.29, 0.717) is 6.61 Å². The van der Waals surface area contributed by atoms with Crippen molar-refractivity contribution in [2.75, 3.05) is 6.61 Å². The minimum absolute atomic E-state index is 0.0225. The molecule has 0 spiro atoms. The second kappa shape index (κ2) is 9.54. The Morgan fingerprint density at radius 2 is 2.00 bits per heavy atom. The van der Waals surface area contributed by atoms with Crippen molar-refractivity contribution in [2.24, 2.45) is 5.92 Å². The third kappa shape index (κ3) is 6.94. The summed E-state index contributed by atoms with van der Waals surface area (Å²) in [5.74, 6) is -0.0418. The van der Waals surface area contributed by atoms with Gasteiger partial charge in [-0.3, -0.25) is 9.78 Å². The zero-order valence-corrected chi connectivity index (χ0v) is 12.1. The highest BCUT2D eigenvalue weighted by Crippen LogP contribution is 2.12. The monoisotopic (exact) mass is 263 g/mol. The van der Waals surface area contributed by atoms with Crippen LogP contribution < -0.4 is 0 Å². The number of unbranched alkanes of at least 4 members (excludes halogenated alkanes) is 3. The first-order valence-corrected chi connectivity index (χ1v) is 7.29. The van der Waals surface area contributed by atoms with Crippen LogP contribution in [0.25, 0.3) is 0 Å². The highest BCUT2D eigenvalue weighted by molar-refractivity contribution is 5.71. The van der Waals surface area contributed by atoms with Gasteiger partial charge in [0.2, 0.25) is 0 Å². The van der Waals surface area contributed by atoms with E-state index >= 15 is 0 Å². The summed E-state index contributed by atoms with van der Waals surface area (Å²) in [4.78, 5) is 15.7. The highest BCUT2D eigenvalue weighted by atomic mass is 16.5. The molecule has 1 unspecified atom stereocenters. The number of hydrogen-bond acceptors (Lipinski definition) is 3. The van der Waals surface area contributed by atoms with Gasteiger partial charge in [0.15, 0.2) is 0 Å².